The molecule has 0 atom stereocenters. The smallest absolute Gasteiger partial charge is 0.192 e. The van der Waals surface area contributed by atoms with E-state index in [-0.39, 0.29) is 35.2 Å². The first-order chi connectivity index (χ1) is 16.5. The molecule has 7 nitrogen and oxygen atoms in total. The van der Waals surface area contributed by atoms with E-state index < -0.39 is 0 Å². The van der Waals surface area contributed by atoms with Crippen LogP contribution in [0.5, 0.6) is 17.2 Å². The van der Waals surface area contributed by atoms with E-state index in [9.17, 15) is 15.0 Å². The number of carbonyl (C=O) groups is 1. The van der Waals surface area contributed by atoms with E-state index in [1.165, 1.54) is 29.5 Å². The highest BCUT2D eigenvalue weighted by Gasteiger charge is 2.18. The molecule has 0 aliphatic carbocycles. The molecule has 1 heterocycles. The average Bonchev–Trinajstić information content (AvgIpc) is 3.23. The lowest BCUT2D eigenvalue weighted by molar-refractivity contribution is 0.102. The van der Waals surface area contributed by atoms with Crippen LogP contribution in [0.2, 0.25) is 0 Å². The number of carbonyl (C=O) groups excluding carboxylic acids is 1. The molecule has 0 unspecified atom stereocenters. The maximum absolute atomic E-state index is 12.6. The molecule has 0 amide bonds. The van der Waals surface area contributed by atoms with Gasteiger partial charge in [0.1, 0.15) is 23.9 Å². The number of ketones is 1. The molecule has 34 heavy (non-hydrogen) atoms. The summed E-state index contributed by atoms with van der Waals surface area (Å²) in [6, 6.07) is 21.8. The van der Waals surface area contributed by atoms with Gasteiger partial charge in [0.05, 0.1) is 17.9 Å². The molecule has 0 bridgehead atoms. The Morgan fingerprint density at radius 3 is 2.44 bits per heavy atom. The number of aryl methyl sites for hydroxylation is 1. The number of phenolic OH excluding ortho intramolecular Hbond substituents is 2. The standard InChI is InChI=1S/C26H25N3O4S/c1-2-18-8-11-21(12-9-18)33-16-25-27-28-26(29(25)15-19-6-4-3-5-7-19)34-17-24(32)22-13-10-20(30)14-23(22)31/h3-14,30-31H,2,15-17H2,1H3. The number of aromatic hydroxyl groups is 2. The van der Waals surface area contributed by atoms with Gasteiger partial charge >= 0.3 is 0 Å². The van der Waals surface area contributed by atoms with E-state index >= 15 is 0 Å². The summed E-state index contributed by atoms with van der Waals surface area (Å²) in [6.45, 7) is 2.87. The number of thioether (sulfide) groups is 1. The minimum absolute atomic E-state index is 0.0601. The molecule has 4 rings (SSSR count). The van der Waals surface area contributed by atoms with E-state index in [1.54, 1.807) is 0 Å². The summed E-state index contributed by atoms with van der Waals surface area (Å²) >= 11 is 1.24. The lowest BCUT2D eigenvalue weighted by atomic mass is 10.1. The summed E-state index contributed by atoms with van der Waals surface area (Å²) < 4.78 is 7.88. The quantitative estimate of drug-likeness (QED) is 0.250. The summed E-state index contributed by atoms with van der Waals surface area (Å²) in [4.78, 5) is 12.6. The summed E-state index contributed by atoms with van der Waals surface area (Å²) in [6.07, 6.45) is 0.965. The van der Waals surface area contributed by atoms with E-state index in [0.29, 0.717) is 17.5 Å². The van der Waals surface area contributed by atoms with Gasteiger partial charge in [0.2, 0.25) is 0 Å². The Bertz CT molecular complexity index is 1260. The van der Waals surface area contributed by atoms with Gasteiger partial charge in [0.15, 0.2) is 16.8 Å². The van der Waals surface area contributed by atoms with E-state index in [4.69, 9.17) is 4.74 Å². The Labute approximate surface area is 202 Å². The van der Waals surface area contributed by atoms with E-state index in [0.717, 1.165) is 23.8 Å². The minimum atomic E-state index is -0.273. The van der Waals surface area contributed by atoms with Gasteiger partial charge in [-0.05, 0) is 41.8 Å². The number of rotatable bonds is 10. The van der Waals surface area contributed by atoms with Gasteiger partial charge in [-0.3, -0.25) is 9.36 Å². The molecule has 0 radical (unpaired) electrons. The van der Waals surface area contributed by atoms with Crippen molar-refractivity contribution in [3.8, 4) is 17.2 Å². The maximum Gasteiger partial charge on any atom is 0.192 e. The number of phenols is 2. The fourth-order valence-corrected chi connectivity index (χ4v) is 4.23. The fourth-order valence-electron chi connectivity index (χ4n) is 3.39. The normalized spacial score (nSPS) is 10.9. The third-order valence-corrected chi connectivity index (χ3v) is 6.26. The van der Waals surface area contributed by atoms with Crippen molar-refractivity contribution in [1.29, 1.82) is 0 Å². The average molecular weight is 476 g/mol. The molecule has 3 aromatic carbocycles. The molecule has 0 saturated heterocycles. The Morgan fingerprint density at radius 2 is 1.74 bits per heavy atom. The predicted octanol–water partition coefficient (Wildman–Crippen LogP) is 4.85. The van der Waals surface area contributed by atoms with Crippen LogP contribution >= 0.6 is 11.8 Å². The van der Waals surface area contributed by atoms with Crippen LogP contribution in [0, 0.1) is 0 Å². The molecule has 0 aliphatic rings. The first kappa shape index (κ1) is 23.4. The molecule has 4 aromatic rings. The largest absolute Gasteiger partial charge is 0.508 e. The van der Waals surface area contributed by atoms with Crippen molar-refractivity contribution >= 4 is 17.5 Å². The molecule has 1 aromatic heterocycles. The number of benzene rings is 3. The van der Waals surface area contributed by atoms with Crippen LogP contribution in [0.1, 0.15) is 34.2 Å². The zero-order valence-electron chi connectivity index (χ0n) is 18.7. The first-order valence-electron chi connectivity index (χ1n) is 10.9. The summed E-state index contributed by atoms with van der Waals surface area (Å²) in [7, 11) is 0. The second-order valence-corrected chi connectivity index (χ2v) is 8.61. The first-order valence-corrected chi connectivity index (χ1v) is 11.9. The van der Waals surface area contributed by atoms with Crippen molar-refractivity contribution in [3.05, 3.63) is 95.3 Å². The summed E-state index contributed by atoms with van der Waals surface area (Å²) in [5.41, 5.74) is 2.46. The third-order valence-electron chi connectivity index (χ3n) is 5.29. The van der Waals surface area contributed by atoms with Gasteiger partial charge in [-0.2, -0.15) is 0 Å². The second kappa shape index (κ2) is 10.9. The lowest BCUT2D eigenvalue weighted by Crippen LogP contribution is -2.10. The van der Waals surface area contributed by atoms with Crippen molar-refractivity contribution in [2.45, 2.75) is 31.7 Å². The van der Waals surface area contributed by atoms with Crippen molar-refractivity contribution in [2.24, 2.45) is 0 Å². The van der Waals surface area contributed by atoms with Crippen LogP contribution in [0.15, 0.2) is 78.0 Å². The molecule has 0 fully saturated rings. The van der Waals surface area contributed by atoms with Crippen LogP contribution < -0.4 is 4.74 Å². The molecule has 174 valence electrons. The topological polar surface area (TPSA) is 97.5 Å². The third kappa shape index (κ3) is 5.77. The molecular formula is C26H25N3O4S. The Kier molecular flexibility index (Phi) is 7.49. The van der Waals surface area contributed by atoms with Crippen molar-refractivity contribution < 1.29 is 19.7 Å². The number of ether oxygens (including phenoxy) is 1. The van der Waals surface area contributed by atoms with E-state index in [2.05, 4.69) is 17.1 Å². The number of hydrogen-bond acceptors (Lipinski definition) is 7. The second-order valence-electron chi connectivity index (χ2n) is 7.67. The van der Waals surface area contributed by atoms with Crippen molar-refractivity contribution in [3.63, 3.8) is 0 Å². The maximum atomic E-state index is 12.6. The highest BCUT2D eigenvalue weighted by atomic mass is 32.2. The molecular weight excluding hydrogens is 450 g/mol. The number of Topliss-reactive ketones (excluding diaryl/α,β-unsaturated/α-hetero) is 1. The van der Waals surface area contributed by atoms with Crippen LogP contribution in [-0.4, -0.2) is 36.5 Å². The SMILES string of the molecule is CCc1ccc(OCc2nnc(SCC(=O)c3ccc(O)cc3O)n2Cc2ccccc2)cc1. The zero-order valence-corrected chi connectivity index (χ0v) is 19.5. The Hall–Kier alpha value is -3.78. The van der Waals surface area contributed by atoms with Gasteiger partial charge in [-0.15, -0.1) is 10.2 Å². The summed E-state index contributed by atoms with van der Waals surface area (Å²) in [5.74, 6) is 0.831. The number of hydrogen-bond donors (Lipinski definition) is 2. The Morgan fingerprint density at radius 1 is 0.971 bits per heavy atom. The van der Waals surface area contributed by atoms with Gasteiger partial charge in [-0.25, -0.2) is 0 Å². The Balaban J connectivity index is 1.51. The van der Waals surface area contributed by atoms with Crippen molar-refractivity contribution in [1.82, 2.24) is 14.8 Å². The molecule has 0 spiro atoms. The zero-order chi connectivity index (χ0) is 23.9. The van der Waals surface area contributed by atoms with Gasteiger partial charge in [0, 0.05) is 6.07 Å². The van der Waals surface area contributed by atoms with E-state index in [1.807, 2.05) is 59.2 Å². The van der Waals surface area contributed by atoms with Crippen LogP contribution in [-0.2, 0) is 19.6 Å². The molecule has 2 N–H and O–H groups in total. The van der Waals surface area contributed by atoms with Gasteiger partial charge in [-0.1, -0.05) is 61.2 Å². The van der Waals surface area contributed by atoms with Crippen LogP contribution in [0.4, 0.5) is 0 Å². The van der Waals surface area contributed by atoms with Crippen LogP contribution in [0.25, 0.3) is 0 Å². The number of nitrogens with zero attached hydrogens (tertiary/aromatic N) is 3. The van der Waals surface area contributed by atoms with Crippen molar-refractivity contribution in [2.75, 3.05) is 5.75 Å². The lowest BCUT2D eigenvalue weighted by Gasteiger charge is -2.12. The van der Waals surface area contributed by atoms with Crippen LogP contribution in [0.3, 0.4) is 0 Å². The highest BCUT2D eigenvalue weighted by Crippen LogP contribution is 2.26. The van der Waals surface area contributed by atoms with Gasteiger partial charge < -0.3 is 14.9 Å². The predicted molar refractivity (Wildman–Crippen MR) is 131 cm³/mol. The fraction of sp³-hybridized carbons (Fsp3) is 0.192. The minimum Gasteiger partial charge on any atom is -0.508 e. The number of aromatic nitrogens is 3. The van der Waals surface area contributed by atoms with Gasteiger partial charge in [0.25, 0.3) is 0 Å². The molecule has 8 heteroatoms. The summed E-state index contributed by atoms with van der Waals surface area (Å²) in [5, 5.41) is 28.6. The molecule has 0 saturated carbocycles. The molecule has 0 aliphatic heterocycles. The monoisotopic (exact) mass is 475 g/mol. The highest BCUT2D eigenvalue weighted by molar-refractivity contribution is 7.99.